The molecule has 2 rings (SSSR count). The Hall–Kier alpha value is -1.01. The van der Waals surface area contributed by atoms with E-state index >= 15 is 0 Å². The molecule has 2 aromatic rings. The average molecular weight is 217 g/mol. The van der Waals surface area contributed by atoms with Gasteiger partial charge in [0.25, 0.3) is 5.89 Å². The van der Waals surface area contributed by atoms with Gasteiger partial charge in [0.1, 0.15) is 4.88 Å². The minimum absolute atomic E-state index is 0.0328. The van der Waals surface area contributed by atoms with Gasteiger partial charge in [-0.05, 0) is 29.6 Å². The van der Waals surface area contributed by atoms with Gasteiger partial charge < -0.3 is 4.42 Å². The summed E-state index contributed by atoms with van der Waals surface area (Å²) < 4.78 is 8.84. The van der Waals surface area contributed by atoms with Crippen LogP contribution in [0.2, 0.25) is 5.35 Å². The van der Waals surface area contributed by atoms with Gasteiger partial charge in [-0.1, -0.05) is 16.5 Å². The van der Waals surface area contributed by atoms with E-state index < -0.39 is 0 Å². The second kappa shape index (κ2) is 3.39. The summed E-state index contributed by atoms with van der Waals surface area (Å²) in [6.07, 6.45) is 0.784. The van der Waals surface area contributed by atoms with E-state index in [1.165, 1.54) is 11.5 Å². The van der Waals surface area contributed by atoms with Gasteiger partial charge in [0, 0.05) is 0 Å². The van der Waals surface area contributed by atoms with Crippen molar-refractivity contribution in [3.63, 3.8) is 0 Å². The highest BCUT2D eigenvalue weighted by atomic mass is 35.5. The van der Waals surface area contributed by atoms with Crippen LogP contribution in [0.5, 0.6) is 0 Å². The van der Waals surface area contributed by atoms with Gasteiger partial charge in [-0.2, -0.15) is 0 Å². The van der Waals surface area contributed by atoms with Crippen LogP contribution in [0.15, 0.2) is 4.42 Å². The molecule has 0 atom stereocenters. The van der Waals surface area contributed by atoms with Gasteiger partial charge in [0.15, 0.2) is 0 Å². The molecule has 2 aromatic heterocycles. The van der Waals surface area contributed by atoms with Gasteiger partial charge >= 0.3 is 5.35 Å². The molecule has 0 N–H and O–H groups in total. The molecule has 0 aliphatic heterocycles. The summed E-state index contributed by atoms with van der Waals surface area (Å²) in [5.41, 5.74) is 0.852. The summed E-state index contributed by atoms with van der Waals surface area (Å²) in [5, 5.41) is 11.2. The van der Waals surface area contributed by atoms with Crippen LogP contribution in [0.4, 0.5) is 0 Å². The van der Waals surface area contributed by atoms with Crippen molar-refractivity contribution in [2.75, 3.05) is 0 Å². The maximum absolute atomic E-state index is 5.50. The Labute approximate surface area is 82.9 Å². The third-order valence-electron chi connectivity index (χ3n) is 1.49. The average Bonchev–Trinajstić information content (AvgIpc) is 2.71. The van der Waals surface area contributed by atoms with Gasteiger partial charge in [0.2, 0.25) is 0 Å². The van der Waals surface area contributed by atoms with Crippen molar-refractivity contribution in [1.82, 2.24) is 19.8 Å². The molecule has 0 fully saturated rings. The zero-order valence-electron chi connectivity index (χ0n) is 6.69. The molecule has 0 saturated heterocycles. The van der Waals surface area contributed by atoms with Crippen molar-refractivity contribution in [2.45, 2.75) is 13.3 Å². The van der Waals surface area contributed by atoms with Crippen LogP contribution in [0.25, 0.3) is 10.8 Å². The van der Waals surface area contributed by atoms with Crippen molar-refractivity contribution >= 4 is 23.1 Å². The predicted molar refractivity (Wildman–Crippen MR) is 47.6 cm³/mol. The number of aryl methyl sites for hydroxylation is 1. The van der Waals surface area contributed by atoms with Gasteiger partial charge in [-0.15, -0.1) is 10.2 Å². The third-order valence-corrected chi connectivity index (χ3v) is 2.39. The van der Waals surface area contributed by atoms with E-state index in [0.717, 1.165) is 17.0 Å². The quantitative estimate of drug-likeness (QED) is 0.766. The number of rotatable bonds is 2. The molecule has 0 bridgehead atoms. The Balaban J connectivity index is 2.45. The summed E-state index contributed by atoms with van der Waals surface area (Å²) in [5.74, 6) is 0.386. The molecule has 0 aliphatic rings. The van der Waals surface area contributed by atoms with E-state index in [0.29, 0.717) is 5.89 Å². The fourth-order valence-corrected chi connectivity index (χ4v) is 1.68. The molecular weight excluding hydrogens is 212 g/mol. The van der Waals surface area contributed by atoms with E-state index in [4.69, 9.17) is 16.0 Å². The van der Waals surface area contributed by atoms with E-state index in [-0.39, 0.29) is 5.35 Å². The largest absolute Gasteiger partial charge is 0.406 e. The predicted octanol–water partition coefficient (Wildman–Crippen LogP) is 1.80. The van der Waals surface area contributed by atoms with E-state index in [1.807, 2.05) is 6.92 Å². The van der Waals surface area contributed by atoms with Gasteiger partial charge in [-0.3, -0.25) is 0 Å². The molecule has 68 valence electrons. The molecule has 7 heteroatoms. The lowest BCUT2D eigenvalue weighted by Crippen LogP contribution is -1.84. The highest BCUT2D eigenvalue weighted by Crippen LogP contribution is 2.25. The van der Waals surface area contributed by atoms with Gasteiger partial charge in [-0.25, -0.2) is 0 Å². The summed E-state index contributed by atoms with van der Waals surface area (Å²) in [7, 11) is 0. The zero-order chi connectivity index (χ0) is 9.26. The third kappa shape index (κ3) is 1.54. The van der Waals surface area contributed by atoms with E-state index in [2.05, 4.69) is 19.8 Å². The van der Waals surface area contributed by atoms with Crippen LogP contribution in [-0.2, 0) is 6.42 Å². The highest BCUT2D eigenvalue weighted by Gasteiger charge is 2.14. The SMILES string of the molecule is CCc1nnsc1-c1nnc(Cl)o1. The molecule has 0 unspecified atom stereocenters. The number of aromatic nitrogens is 4. The first-order valence-corrected chi connectivity index (χ1v) is 4.77. The molecule has 0 spiro atoms. The molecular formula is C6H5ClN4OS. The highest BCUT2D eigenvalue weighted by molar-refractivity contribution is 7.09. The minimum Gasteiger partial charge on any atom is -0.406 e. The Morgan fingerprint density at radius 1 is 1.38 bits per heavy atom. The summed E-state index contributed by atoms with van der Waals surface area (Å²) in [4.78, 5) is 0.793. The lowest BCUT2D eigenvalue weighted by Gasteiger charge is -1.88. The lowest BCUT2D eigenvalue weighted by molar-refractivity contribution is 0.571. The van der Waals surface area contributed by atoms with Crippen LogP contribution in [-0.4, -0.2) is 19.8 Å². The first-order chi connectivity index (χ1) is 6.31. The van der Waals surface area contributed by atoms with Crippen LogP contribution >= 0.6 is 23.1 Å². The van der Waals surface area contributed by atoms with E-state index in [9.17, 15) is 0 Å². The molecule has 0 aromatic carbocycles. The molecule has 0 amide bonds. The normalized spacial score (nSPS) is 10.6. The molecule has 5 nitrogen and oxygen atoms in total. The fourth-order valence-electron chi connectivity index (χ4n) is 0.899. The Kier molecular flexibility index (Phi) is 2.24. The van der Waals surface area contributed by atoms with Crippen molar-refractivity contribution in [3.8, 4) is 10.8 Å². The van der Waals surface area contributed by atoms with Crippen molar-refractivity contribution in [1.29, 1.82) is 0 Å². The maximum atomic E-state index is 5.50. The standard InChI is InChI=1S/C6H5ClN4OS/c1-2-3-4(13-11-8-3)5-9-10-6(7)12-5/h2H2,1H3. The molecule has 13 heavy (non-hydrogen) atoms. The zero-order valence-corrected chi connectivity index (χ0v) is 8.26. The molecule has 0 aliphatic carbocycles. The Bertz CT molecular complexity index is 412. The second-order valence-electron chi connectivity index (χ2n) is 2.26. The summed E-state index contributed by atoms with van der Waals surface area (Å²) in [6.45, 7) is 1.98. The van der Waals surface area contributed by atoms with Crippen molar-refractivity contribution < 1.29 is 4.42 Å². The number of nitrogens with zero attached hydrogens (tertiary/aromatic N) is 4. The first kappa shape index (κ1) is 8.58. The van der Waals surface area contributed by atoms with Crippen molar-refractivity contribution in [3.05, 3.63) is 11.0 Å². The minimum atomic E-state index is 0.0328. The maximum Gasteiger partial charge on any atom is 0.313 e. The van der Waals surface area contributed by atoms with Crippen LogP contribution in [0, 0.1) is 0 Å². The van der Waals surface area contributed by atoms with Crippen LogP contribution in [0.3, 0.4) is 0 Å². The number of hydrogen-bond donors (Lipinski definition) is 0. The first-order valence-electron chi connectivity index (χ1n) is 3.62. The number of hydrogen-bond acceptors (Lipinski definition) is 6. The van der Waals surface area contributed by atoms with Gasteiger partial charge in [0.05, 0.1) is 5.69 Å². The van der Waals surface area contributed by atoms with Crippen LogP contribution in [0.1, 0.15) is 12.6 Å². The number of halogens is 1. The smallest absolute Gasteiger partial charge is 0.313 e. The van der Waals surface area contributed by atoms with Crippen molar-refractivity contribution in [2.24, 2.45) is 0 Å². The topological polar surface area (TPSA) is 64.7 Å². The lowest BCUT2D eigenvalue weighted by atomic mass is 10.3. The summed E-state index contributed by atoms with van der Waals surface area (Å²) in [6, 6.07) is 0. The Morgan fingerprint density at radius 3 is 2.85 bits per heavy atom. The molecule has 0 radical (unpaired) electrons. The molecule has 2 heterocycles. The Morgan fingerprint density at radius 2 is 2.23 bits per heavy atom. The molecule has 0 saturated carbocycles. The van der Waals surface area contributed by atoms with E-state index in [1.54, 1.807) is 0 Å². The fraction of sp³-hybridized carbons (Fsp3) is 0.333. The van der Waals surface area contributed by atoms with Crippen LogP contribution < -0.4 is 0 Å². The monoisotopic (exact) mass is 216 g/mol. The summed E-state index contributed by atoms with van der Waals surface area (Å²) >= 11 is 6.72. The second-order valence-corrected chi connectivity index (χ2v) is 3.34.